The van der Waals surface area contributed by atoms with E-state index in [-0.39, 0.29) is 12.0 Å². The topological polar surface area (TPSA) is 91.7 Å². The predicted molar refractivity (Wildman–Crippen MR) is 53.9 cm³/mol. The largest absolute Gasteiger partial charge is 0.481 e. The van der Waals surface area contributed by atoms with Crippen LogP contribution in [0, 0.1) is 0 Å². The summed E-state index contributed by atoms with van der Waals surface area (Å²) >= 11 is 0. The second-order valence-corrected chi connectivity index (χ2v) is 3.20. The van der Waals surface area contributed by atoms with Gasteiger partial charge < -0.3 is 10.2 Å². The van der Waals surface area contributed by atoms with Gasteiger partial charge in [-0.3, -0.25) is 14.4 Å². The Kier molecular flexibility index (Phi) is 3.77. The molecule has 0 saturated heterocycles. The van der Waals surface area contributed by atoms with Gasteiger partial charge in [-0.1, -0.05) is 24.3 Å². The van der Waals surface area contributed by atoms with Gasteiger partial charge in [-0.2, -0.15) is 0 Å². The molecule has 5 heteroatoms. The van der Waals surface area contributed by atoms with Gasteiger partial charge in [0.05, 0.1) is 6.42 Å². The maximum absolute atomic E-state index is 10.6. The lowest BCUT2D eigenvalue weighted by molar-refractivity contribution is -0.137. The minimum atomic E-state index is -1.32. The van der Waals surface area contributed by atoms with Crippen LogP contribution in [0.2, 0.25) is 0 Å². The summed E-state index contributed by atoms with van der Waals surface area (Å²) in [4.78, 5) is 31.4. The van der Waals surface area contributed by atoms with Crippen molar-refractivity contribution in [1.29, 1.82) is 0 Å². The smallest absolute Gasteiger partial charge is 0.319 e. The second-order valence-electron chi connectivity index (χ2n) is 3.20. The summed E-state index contributed by atoms with van der Waals surface area (Å²) in [5.74, 6) is -3.57. The van der Waals surface area contributed by atoms with Gasteiger partial charge in [-0.15, -0.1) is 0 Å². The molecule has 16 heavy (non-hydrogen) atoms. The van der Waals surface area contributed by atoms with Crippen LogP contribution < -0.4 is 0 Å². The zero-order valence-corrected chi connectivity index (χ0v) is 8.21. The molecule has 0 aliphatic rings. The minimum absolute atomic E-state index is 0.136. The van der Waals surface area contributed by atoms with Crippen LogP contribution in [0.1, 0.15) is 17.0 Å². The van der Waals surface area contributed by atoms with Crippen LogP contribution in [0.25, 0.3) is 0 Å². The normalized spacial score (nSPS) is 11.8. The Morgan fingerprint density at radius 3 is 2.12 bits per heavy atom. The first-order valence-corrected chi connectivity index (χ1v) is 4.45. The summed E-state index contributed by atoms with van der Waals surface area (Å²) in [6, 6.07) is 5.80. The summed E-state index contributed by atoms with van der Waals surface area (Å²) in [5, 5.41) is 17.2. The Morgan fingerprint density at radius 1 is 1.19 bits per heavy atom. The molecule has 1 atom stereocenters. The maximum atomic E-state index is 10.6. The molecule has 0 heterocycles. The highest BCUT2D eigenvalue weighted by atomic mass is 16.4. The quantitative estimate of drug-likeness (QED) is 0.710. The molecule has 1 aromatic rings. The van der Waals surface area contributed by atoms with Crippen molar-refractivity contribution in [3.8, 4) is 0 Å². The van der Waals surface area contributed by atoms with E-state index < -0.39 is 17.9 Å². The van der Waals surface area contributed by atoms with Gasteiger partial charge in [0.15, 0.2) is 0 Å². The van der Waals surface area contributed by atoms with E-state index in [1.807, 2.05) is 0 Å². The van der Waals surface area contributed by atoms with Gasteiger partial charge >= 0.3 is 11.9 Å². The molecule has 0 aliphatic heterocycles. The van der Waals surface area contributed by atoms with Crippen molar-refractivity contribution in [3.63, 3.8) is 0 Å². The molecule has 0 spiro atoms. The number of hydrogen-bond acceptors (Lipinski definition) is 3. The lowest BCUT2D eigenvalue weighted by atomic mass is 9.99. The number of carboxylic acid groups (broad SMARTS) is 2. The van der Waals surface area contributed by atoms with E-state index in [1.165, 1.54) is 30.6 Å². The molecule has 0 saturated carbocycles. The zero-order chi connectivity index (χ0) is 12.1. The molecule has 5 nitrogen and oxygen atoms in total. The van der Waals surface area contributed by atoms with Crippen molar-refractivity contribution in [2.75, 3.05) is 0 Å². The van der Waals surface area contributed by atoms with Crippen molar-refractivity contribution in [2.24, 2.45) is 0 Å². The molecule has 0 amide bonds. The molecule has 1 rings (SSSR count). The van der Waals surface area contributed by atoms with Crippen LogP contribution in [0.4, 0.5) is 0 Å². The molecule has 0 aliphatic carbocycles. The lowest BCUT2D eigenvalue weighted by Gasteiger charge is -2.05. The molecule has 1 radical (unpaired) electrons. The monoisotopic (exact) mass is 221 g/mol. The van der Waals surface area contributed by atoms with Crippen LogP contribution in [0.3, 0.4) is 0 Å². The van der Waals surface area contributed by atoms with Crippen LogP contribution in [0.5, 0.6) is 0 Å². The minimum Gasteiger partial charge on any atom is -0.481 e. The van der Waals surface area contributed by atoms with E-state index in [2.05, 4.69) is 0 Å². The second kappa shape index (κ2) is 5.06. The third kappa shape index (κ3) is 2.91. The van der Waals surface area contributed by atoms with E-state index in [9.17, 15) is 14.4 Å². The maximum Gasteiger partial charge on any atom is 0.319 e. The van der Waals surface area contributed by atoms with Crippen molar-refractivity contribution >= 4 is 18.2 Å². The third-order valence-electron chi connectivity index (χ3n) is 2.03. The Hall–Kier alpha value is -2.17. The van der Waals surface area contributed by atoms with Crippen molar-refractivity contribution in [2.45, 2.75) is 12.3 Å². The highest BCUT2D eigenvalue weighted by molar-refractivity contribution is 5.93. The number of carbonyl (C=O) groups is 2. The summed E-state index contributed by atoms with van der Waals surface area (Å²) in [5.41, 5.74) is 0.836. The van der Waals surface area contributed by atoms with E-state index in [0.29, 0.717) is 5.56 Å². The Morgan fingerprint density at radius 2 is 1.75 bits per heavy atom. The van der Waals surface area contributed by atoms with Gasteiger partial charge in [0, 0.05) is 0 Å². The van der Waals surface area contributed by atoms with Gasteiger partial charge in [0.1, 0.15) is 5.92 Å². The van der Waals surface area contributed by atoms with Crippen molar-refractivity contribution in [3.05, 3.63) is 35.4 Å². The molecule has 1 aromatic carbocycles. The molecule has 83 valence electrons. The number of carbonyl (C=O) groups excluding carboxylic acids is 1. The Balaban J connectivity index is 2.89. The number of carboxylic acids is 2. The number of aliphatic carboxylic acids is 2. The van der Waals surface area contributed by atoms with Gasteiger partial charge in [-0.05, 0) is 11.1 Å². The molecular formula is C11H9O5. The Labute approximate surface area is 91.3 Å². The lowest BCUT2D eigenvalue weighted by Crippen LogP contribution is -2.12. The molecule has 0 aromatic heterocycles. The third-order valence-corrected chi connectivity index (χ3v) is 2.03. The summed E-state index contributed by atoms with van der Waals surface area (Å²) in [6.07, 6.45) is 1.28. The van der Waals surface area contributed by atoms with Crippen LogP contribution in [0.15, 0.2) is 24.3 Å². The molecule has 0 fully saturated rings. The highest BCUT2D eigenvalue weighted by Gasteiger charge is 2.19. The SMILES string of the molecule is O=[C]C(C(=O)O)c1ccc(CC(=O)O)cc1. The highest BCUT2D eigenvalue weighted by Crippen LogP contribution is 2.15. The average molecular weight is 221 g/mol. The number of hydrogen-bond donors (Lipinski definition) is 2. The standard InChI is InChI=1S/C11H9O5/c12-6-9(11(15)16)8-3-1-7(2-4-8)5-10(13)14/h1-4,9H,5H2,(H,13,14)(H,15,16). The molecule has 0 bridgehead atoms. The number of rotatable bonds is 5. The van der Waals surface area contributed by atoms with E-state index in [4.69, 9.17) is 10.2 Å². The predicted octanol–water partition coefficient (Wildman–Crippen LogP) is 0.592. The average Bonchev–Trinajstić information content (AvgIpc) is 2.20. The first-order chi connectivity index (χ1) is 7.54. The zero-order valence-electron chi connectivity index (χ0n) is 8.21. The Bertz CT molecular complexity index is 407. The van der Waals surface area contributed by atoms with Gasteiger partial charge in [0.2, 0.25) is 6.29 Å². The van der Waals surface area contributed by atoms with Gasteiger partial charge in [0.25, 0.3) is 0 Å². The number of benzene rings is 1. The fourth-order valence-corrected chi connectivity index (χ4v) is 1.26. The molecular weight excluding hydrogens is 212 g/mol. The summed E-state index contributed by atoms with van der Waals surface area (Å²) in [7, 11) is 0. The summed E-state index contributed by atoms with van der Waals surface area (Å²) < 4.78 is 0. The van der Waals surface area contributed by atoms with Crippen molar-refractivity contribution in [1.82, 2.24) is 0 Å². The first-order valence-electron chi connectivity index (χ1n) is 4.45. The van der Waals surface area contributed by atoms with Crippen molar-refractivity contribution < 1.29 is 24.6 Å². The molecule has 1 unspecified atom stereocenters. The summed E-state index contributed by atoms with van der Waals surface area (Å²) in [6.45, 7) is 0. The van der Waals surface area contributed by atoms with Crippen LogP contribution in [-0.2, 0) is 20.8 Å². The molecule has 2 N–H and O–H groups in total. The van der Waals surface area contributed by atoms with E-state index in [0.717, 1.165) is 0 Å². The van der Waals surface area contributed by atoms with Gasteiger partial charge in [-0.25, -0.2) is 0 Å². The van der Waals surface area contributed by atoms with E-state index in [1.54, 1.807) is 0 Å². The fraction of sp³-hybridized carbons (Fsp3) is 0.182. The van der Waals surface area contributed by atoms with Crippen LogP contribution >= 0.6 is 0 Å². The van der Waals surface area contributed by atoms with E-state index >= 15 is 0 Å². The van der Waals surface area contributed by atoms with Crippen LogP contribution in [-0.4, -0.2) is 28.4 Å². The first kappa shape index (κ1) is 11.9. The fourth-order valence-electron chi connectivity index (χ4n) is 1.26.